The summed E-state index contributed by atoms with van der Waals surface area (Å²) in [6, 6.07) is 21.6. The third kappa shape index (κ3) is 3.94. The number of rotatable bonds is 5. The molecule has 0 radical (unpaired) electrons. The summed E-state index contributed by atoms with van der Waals surface area (Å²) in [7, 11) is -2.82. The van der Waals surface area contributed by atoms with Gasteiger partial charge in [-0.2, -0.15) is 0 Å². The predicted molar refractivity (Wildman–Crippen MR) is 109 cm³/mol. The zero-order chi connectivity index (χ0) is 19.6. The molecule has 1 unspecified atom stereocenters. The smallest absolute Gasteiger partial charge is 0.496 e. The molecule has 3 aromatic rings. The minimum atomic E-state index is -4.41. The van der Waals surface area contributed by atoms with E-state index >= 15 is 0 Å². The van der Waals surface area contributed by atoms with Gasteiger partial charge in [0.25, 0.3) is 0 Å². The summed E-state index contributed by atoms with van der Waals surface area (Å²) in [6.07, 6.45) is 1.74. The lowest BCUT2D eigenvalue weighted by Crippen LogP contribution is -1.99. The Bertz CT molecular complexity index is 1080. The molecule has 1 aliphatic rings. The zero-order valence-electron chi connectivity index (χ0n) is 14.9. The van der Waals surface area contributed by atoms with E-state index in [1.165, 1.54) is 11.8 Å². The van der Waals surface area contributed by atoms with Gasteiger partial charge in [-0.05, 0) is 42.0 Å². The average Bonchev–Trinajstić information content (AvgIpc) is 2.84. The van der Waals surface area contributed by atoms with Crippen LogP contribution in [0.4, 0.5) is 0 Å². The fourth-order valence-corrected chi connectivity index (χ4v) is 4.80. The van der Waals surface area contributed by atoms with E-state index in [1.54, 1.807) is 43.5 Å². The van der Waals surface area contributed by atoms with Crippen molar-refractivity contribution in [3.63, 3.8) is 0 Å². The molecule has 0 amide bonds. The van der Waals surface area contributed by atoms with Crippen molar-refractivity contribution in [3.05, 3.63) is 83.9 Å². The highest BCUT2D eigenvalue weighted by Crippen LogP contribution is 2.52. The molecule has 0 saturated carbocycles. The van der Waals surface area contributed by atoms with Gasteiger partial charge in [-0.15, -0.1) is 0 Å². The fourth-order valence-electron chi connectivity index (χ4n) is 2.83. The van der Waals surface area contributed by atoms with Gasteiger partial charge in [-0.1, -0.05) is 54.2 Å². The van der Waals surface area contributed by atoms with Gasteiger partial charge in [0, 0.05) is 10.5 Å². The van der Waals surface area contributed by atoms with Crippen LogP contribution in [0.1, 0.15) is 11.1 Å². The normalized spacial score (nSPS) is 14.6. The van der Waals surface area contributed by atoms with Crippen molar-refractivity contribution in [1.82, 2.24) is 0 Å². The van der Waals surface area contributed by atoms with Crippen molar-refractivity contribution in [3.8, 4) is 11.5 Å². The Morgan fingerprint density at radius 3 is 2.43 bits per heavy atom. The lowest BCUT2D eigenvalue weighted by atomic mass is 10.1. The van der Waals surface area contributed by atoms with Crippen LogP contribution < -0.4 is 9.26 Å². The van der Waals surface area contributed by atoms with Gasteiger partial charge in [-0.25, -0.2) is 4.57 Å². The first-order valence-corrected chi connectivity index (χ1v) is 10.8. The second kappa shape index (κ2) is 7.76. The highest BCUT2D eigenvalue weighted by atomic mass is 32.2. The molecule has 5 nitrogen and oxygen atoms in total. The molecule has 3 aromatic carbocycles. The van der Waals surface area contributed by atoms with Crippen LogP contribution in [0, 0.1) is 0 Å². The number of ether oxygens (including phenoxy) is 1. The largest absolute Gasteiger partial charge is 0.584 e. The number of benzene rings is 3. The molecule has 142 valence electrons. The lowest BCUT2D eigenvalue weighted by molar-refractivity contribution is 0.277. The maximum Gasteiger partial charge on any atom is 0.584 e. The van der Waals surface area contributed by atoms with Gasteiger partial charge < -0.3 is 13.8 Å². The van der Waals surface area contributed by atoms with Crippen molar-refractivity contribution in [2.24, 2.45) is 0 Å². The van der Waals surface area contributed by atoms with E-state index in [0.717, 1.165) is 15.4 Å². The maximum atomic E-state index is 12.7. The SMILES string of the molecule is COc1cccc2c1Sc1ccccc1C=C2OP(=O)(O)Oc1ccccc1. The molecule has 1 N–H and O–H groups in total. The van der Waals surface area contributed by atoms with Gasteiger partial charge >= 0.3 is 7.82 Å². The Labute approximate surface area is 167 Å². The summed E-state index contributed by atoms with van der Waals surface area (Å²) in [4.78, 5) is 12.1. The molecule has 7 heteroatoms. The molecule has 1 atom stereocenters. The van der Waals surface area contributed by atoms with Gasteiger partial charge in [0.15, 0.2) is 0 Å². The Balaban J connectivity index is 1.77. The maximum absolute atomic E-state index is 12.7. The second-order valence-corrected chi connectivity index (χ2v) is 8.30. The summed E-state index contributed by atoms with van der Waals surface area (Å²) in [5, 5.41) is 0. The molecular formula is C21H17O5PS. The summed E-state index contributed by atoms with van der Waals surface area (Å²) < 4.78 is 28.9. The number of fused-ring (bicyclic) bond motifs is 2. The first-order chi connectivity index (χ1) is 13.6. The summed E-state index contributed by atoms with van der Waals surface area (Å²) in [6.45, 7) is 0. The van der Waals surface area contributed by atoms with Crippen LogP contribution >= 0.6 is 19.6 Å². The lowest BCUT2D eigenvalue weighted by Gasteiger charge is -2.18. The highest BCUT2D eigenvalue weighted by Gasteiger charge is 2.30. The number of phosphoric acid groups is 1. The van der Waals surface area contributed by atoms with Crippen LogP contribution in [-0.2, 0) is 9.09 Å². The summed E-state index contributed by atoms with van der Waals surface area (Å²) >= 11 is 1.52. The zero-order valence-corrected chi connectivity index (χ0v) is 16.7. The molecule has 4 rings (SSSR count). The monoisotopic (exact) mass is 412 g/mol. The van der Waals surface area contributed by atoms with E-state index in [0.29, 0.717) is 11.3 Å². The third-order valence-electron chi connectivity index (χ3n) is 4.06. The Hall–Kier alpha value is -2.66. The minimum absolute atomic E-state index is 0.244. The van der Waals surface area contributed by atoms with Crippen LogP contribution in [0.25, 0.3) is 11.8 Å². The molecule has 0 aliphatic carbocycles. The van der Waals surface area contributed by atoms with E-state index in [1.807, 2.05) is 42.5 Å². The van der Waals surface area contributed by atoms with Crippen LogP contribution in [0.15, 0.2) is 82.6 Å². The van der Waals surface area contributed by atoms with Gasteiger partial charge in [0.1, 0.15) is 17.3 Å². The van der Waals surface area contributed by atoms with Gasteiger partial charge in [0.05, 0.1) is 12.0 Å². The van der Waals surface area contributed by atoms with Crippen LogP contribution in [0.5, 0.6) is 11.5 Å². The third-order valence-corrected chi connectivity index (χ3v) is 6.15. The molecule has 0 bridgehead atoms. The van der Waals surface area contributed by atoms with Crippen LogP contribution in [-0.4, -0.2) is 12.0 Å². The van der Waals surface area contributed by atoms with E-state index in [9.17, 15) is 9.46 Å². The van der Waals surface area contributed by atoms with Crippen molar-refractivity contribution in [1.29, 1.82) is 0 Å². The molecule has 1 aliphatic heterocycles. The average molecular weight is 412 g/mol. The van der Waals surface area contributed by atoms with Crippen molar-refractivity contribution in [2.45, 2.75) is 9.79 Å². The Morgan fingerprint density at radius 1 is 0.893 bits per heavy atom. The molecule has 1 heterocycles. The van der Waals surface area contributed by atoms with Gasteiger partial charge in [0.2, 0.25) is 0 Å². The topological polar surface area (TPSA) is 65.0 Å². The van der Waals surface area contributed by atoms with Crippen LogP contribution in [0.2, 0.25) is 0 Å². The molecule has 28 heavy (non-hydrogen) atoms. The Kier molecular flexibility index (Phi) is 5.18. The molecule has 0 fully saturated rings. The minimum Gasteiger partial charge on any atom is -0.496 e. The molecular weight excluding hydrogens is 395 g/mol. The van der Waals surface area contributed by atoms with E-state index in [-0.39, 0.29) is 11.5 Å². The first kappa shape index (κ1) is 18.7. The van der Waals surface area contributed by atoms with Crippen LogP contribution in [0.3, 0.4) is 0 Å². The number of hydrogen-bond acceptors (Lipinski definition) is 5. The second-order valence-electron chi connectivity index (χ2n) is 5.95. The predicted octanol–water partition coefficient (Wildman–Crippen LogP) is 5.85. The van der Waals surface area contributed by atoms with E-state index in [4.69, 9.17) is 13.8 Å². The Morgan fingerprint density at radius 2 is 1.64 bits per heavy atom. The summed E-state index contributed by atoms with van der Waals surface area (Å²) in [5.74, 6) is 1.15. The van der Waals surface area contributed by atoms with Gasteiger partial charge in [-0.3, -0.25) is 4.89 Å². The number of hydrogen-bond donors (Lipinski definition) is 1. The van der Waals surface area contributed by atoms with E-state index in [2.05, 4.69) is 0 Å². The molecule has 0 saturated heterocycles. The van der Waals surface area contributed by atoms with Crippen molar-refractivity contribution >= 4 is 31.4 Å². The number of phosphoric ester groups is 1. The molecule has 0 aromatic heterocycles. The van der Waals surface area contributed by atoms with Crippen molar-refractivity contribution < 1.29 is 23.2 Å². The van der Waals surface area contributed by atoms with E-state index < -0.39 is 7.82 Å². The standard InChI is InChI=1S/C21H17O5PS/c1-24-18-12-7-11-17-19(14-15-8-5-6-13-20(15)28-21(17)18)26-27(22,23)25-16-9-3-2-4-10-16/h2-14H,1H3,(H,22,23). The van der Waals surface area contributed by atoms with Crippen molar-refractivity contribution in [2.75, 3.05) is 7.11 Å². The first-order valence-electron chi connectivity index (χ1n) is 8.49. The number of methoxy groups -OCH3 is 1. The highest BCUT2D eigenvalue weighted by molar-refractivity contribution is 7.99. The summed E-state index contributed by atoms with van der Waals surface area (Å²) in [5.41, 5.74) is 1.53. The fraction of sp³-hybridized carbons (Fsp3) is 0.0476. The molecule has 0 spiro atoms. The number of para-hydroxylation sites is 1. The quantitative estimate of drug-likeness (QED) is 0.530.